The number of ether oxygens (including phenoxy) is 5. The van der Waals surface area contributed by atoms with Crippen LogP contribution >= 0.6 is 0 Å². The van der Waals surface area contributed by atoms with Gasteiger partial charge < -0.3 is 29.0 Å². The van der Waals surface area contributed by atoms with E-state index in [1.807, 2.05) is 0 Å². The molecule has 0 aromatic heterocycles. The van der Waals surface area contributed by atoms with Crippen molar-refractivity contribution in [3.63, 3.8) is 0 Å². The fourth-order valence-corrected chi connectivity index (χ4v) is 3.46. The van der Waals surface area contributed by atoms with E-state index >= 15 is 0 Å². The number of hydrazine groups is 1. The number of esters is 1. The van der Waals surface area contributed by atoms with Crippen LogP contribution in [0.5, 0.6) is 28.7 Å². The SMILES string of the molecule is COc1cc(C(=O)NNC(=O)c2cccc(NC(=O)c3cc(OC)c(OC)c(OC)c3)c2)ccc1OC(C)=O. The number of benzene rings is 3. The van der Waals surface area contributed by atoms with Gasteiger partial charge in [0.2, 0.25) is 5.75 Å². The molecule has 0 unspecified atom stereocenters. The molecule has 3 aromatic rings. The first kappa shape index (κ1) is 28.3. The third-order valence-electron chi connectivity index (χ3n) is 5.28. The van der Waals surface area contributed by atoms with Crippen molar-refractivity contribution in [2.45, 2.75) is 6.92 Å². The molecule has 0 radical (unpaired) electrons. The number of amides is 3. The predicted octanol–water partition coefficient (Wildman–Crippen LogP) is 2.97. The number of rotatable bonds is 9. The lowest BCUT2D eigenvalue weighted by Crippen LogP contribution is -2.41. The van der Waals surface area contributed by atoms with Gasteiger partial charge in [-0.1, -0.05) is 6.07 Å². The molecule has 12 heteroatoms. The molecule has 204 valence electrons. The van der Waals surface area contributed by atoms with Crippen LogP contribution in [-0.4, -0.2) is 52.1 Å². The van der Waals surface area contributed by atoms with Crippen LogP contribution in [0.25, 0.3) is 0 Å². The molecule has 3 aromatic carbocycles. The van der Waals surface area contributed by atoms with Crippen LogP contribution < -0.4 is 39.9 Å². The van der Waals surface area contributed by atoms with Crippen molar-refractivity contribution < 1.29 is 42.9 Å². The third kappa shape index (κ3) is 6.95. The normalized spacial score (nSPS) is 10.1. The van der Waals surface area contributed by atoms with Crippen molar-refractivity contribution in [3.8, 4) is 28.7 Å². The average molecular weight is 538 g/mol. The molecule has 0 saturated carbocycles. The number of hydrogen-bond acceptors (Lipinski definition) is 9. The fourth-order valence-electron chi connectivity index (χ4n) is 3.46. The summed E-state index contributed by atoms with van der Waals surface area (Å²) in [5.41, 5.74) is 5.50. The van der Waals surface area contributed by atoms with Gasteiger partial charge in [-0.05, 0) is 48.5 Å². The van der Waals surface area contributed by atoms with E-state index in [1.165, 1.54) is 77.8 Å². The van der Waals surface area contributed by atoms with E-state index in [2.05, 4.69) is 16.2 Å². The fraction of sp³-hybridized carbons (Fsp3) is 0.185. The largest absolute Gasteiger partial charge is 0.493 e. The minimum absolute atomic E-state index is 0.148. The Morgan fingerprint density at radius 3 is 1.69 bits per heavy atom. The predicted molar refractivity (Wildman–Crippen MR) is 140 cm³/mol. The Kier molecular flexibility index (Phi) is 9.30. The average Bonchev–Trinajstić information content (AvgIpc) is 2.94. The number of carbonyl (C=O) groups is 4. The summed E-state index contributed by atoms with van der Waals surface area (Å²) in [6, 6.07) is 13.3. The van der Waals surface area contributed by atoms with Crippen molar-refractivity contribution in [2.75, 3.05) is 33.8 Å². The van der Waals surface area contributed by atoms with E-state index < -0.39 is 23.7 Å². The van der Waals surface area contributed by atoms with E-state index in [-0.39, 0.29) is 28.2 Å². The van der Waals surface area contributed by atoms with Crippen molar-refractivity contribution in [1.82, 2.24) is 10.9 Å². The van der Waals surface area contributed by atoms with Gasteiger partial charge in [0.1, 0.15) is 0 Å². The number of methoxy groups -OCH3 is 4. The second kappa shape index (κ2) is 12.8. The van der Waals surface area contributed by atoms with Crippen LogP contribution in [0.1, 0.15) is 38.0 Å². The van der Waals surface area contributed by atoms with Gasteiger partial charge in [0.15, 0.2) is 23.0 Å². The minimum Gasteiger partial charge on any atom is -0.493 e. The quantitative estimate of drug-likeness (QED) is 0.213. The molecule has 3 rings (SSSR count). The summed E-state index contributed by atoms with van der Waals surface area (Å²) in [6.45, 7) is 1.24. The van der Waals surface area contributed by atoms with Gasteiger partial charge in [0.05, 0.1) is 28.4 Å². The van der Waals surface area contributed by atoms with Crippen LogP contribution in [0.2, 0.25) is 0 Å². The van der Waals surface area contributed by atoms with Crippen molar-refractivity contribution >= 4 is 29.4 Å². The number of hydrogen-bond donors (Lipinski definition) is 3. The van der Waals surface area contributed by atoms with E-state index in [0.717, 1.165) is 0 Å². The molecule has 0 bridgehead atoms. The second-order valence-corrected chi connectivity index (χ2v) is 7.82. The van der Waals surface area contributed by atoms with Crippen LogP contribution in [0, 0.1) is 0 Å². The first-order valence-electron chi connectivity index (χ1n) is 11.4. The Balaban J connectivity index is 1.68. The number of carbonyl (C=O) groups excluding carboxylic acids is 4. The maximum absolute atomic E-state index is 12.9. The molecule has 0 aliphatic heterocycles. The molecule has 39 heavy (non-hydrogen) atoms. The molecule has 0 aliphatic carbocycles. The summed E-state index contributed by atoms with van der Waals surface area (Å²) in [6.07, 6.45) is 0. The molecule has 0 aliphatic rings. The lowest BCUT2D eigenvalue weighted by Gasteiger charge is -2.14. The highest BCUT2D eigenvalue weighted by Crippen LogP contribution is 2.38. The van der Waals surface area contributed by atoms with Gasteiger partial charge in [0.25, 0.3) is 17.7 Å². The zero-order chi connectivity index (χ0) is 28.5. The highest BCUT2D eigenvalue weighted by molar-refractivity contribution is 6.06. The first-order valence-corrected chi connectivity index (χ1v) is 11.4. The van der Waals surface area contributed by atoms with Crippen LogP contribution in [0.4, 0.5) is 5.69 Å². The third-order valence-corrected chi connectivity index (χ3v) is 5.28. The summed E-state index contributed by atoms with van der Waals surface area (Å²) in [5, 5.41) is 2.71. The topological polar surface area (TPSA) is 151 Å². The zero-order valence-electron chi connectivity index (χ0n) is 21.9. The zero-order valence-corrected chi connectivity index (χ0v) is 21.9. The Morgan fingerprint density at radius 1 is 0.590 bits per heavy atom. The molecular weight excluding hydrogens is 510 g/mol. The lowest BCUT2D eigenvalue weighted by molar-refractivity contribution is -0.132. The highest BCUT2D eigenvalue weighted by Gasteiger charge is 2.18. The summed E-state index contributed by atoms with van der Waals surface area (Å²) in [4.78, 5) is 49.3. The Labute approximate surface area is 224 Å². The smallest absolute Gasteiger partial charge is 0.308 e. The van der Waals surface area contributed by atoms with Crippen LogP contribution in [0.15, 0.2) is 54.6 Å². The number of anilines is 1. The molecule has 12 nitrogen and oxygen atoms in total. The van der Waals surface area contributed by atoms with E-state index in [1.54, 1.807) is 12.1 Å². The molecule has 3 amide bonds. The molecule has 0 heterocycles. The summed E-state index contributed by atoms with van der Waals surface area (Å²) in [7, 11) is 5.69. The molecule has 3 N–H and O–H groups in total. The Hall–Kier alpha value is -5.26. The standard InChI is InChI=1S/C27H27N3O9/c1-15(31)39-20-10-9-17(12-21(20)35-2)27(34)30-29-26(33)16-7-6-8-19(11-16)28-25(32)18-13-22(36-3)24(38-5)23(14-18)37-4/h6-14H,1-5H3,(H,28,32)(H,29,33)(H,30,34). The van der Waals surface area contributed by atoms with Crippen molar-refractivity contribution in [3.05, 3.63) is 71.3 Å². The second-order valence-electron chi connectivity index (χ2n) is 7.82. The monoisotopic (exact) mass is 537 g/mol. The van der Waals surface area contributed by atoms with Crippen molar-refractivity contribution in [2.24, 2.45) is 0 Å². The van der Waals surface area contributed by atoms with Gasteiger partial charge in [0, 0.05) is 29.3 Å². The molecule has 0 saturated heterocycles. The number of nitrogens with one attached hydrogen (secondary N) is 3. The summed E-state index contributed by atoms with van der Waals surface area (Å²) < 4.78 is 26.0. The maximum atomic E-state index is 12.9. The van der Waals surface area contributed by atoms with Gasteiger partial charge in [-0.15, -0.1) is 0 Å². The Bertz CT molecular complexity index is 1380. The van der Waals surface area contributed by atoms with Gasteiger partial charge in [-0.25, -0.2) is 0 Å². The van der Waals surface area contributed by atoms with E-state index in [4.69, 9.17) is 23.7 Å². The first-order chi connectivity index (χ1) is 18.7. The minimum atomic E-state index is -0.636. The maximum Gasteiger partial charge on any atom is 0.308 e. The van der Waals surface area contributed by atoms with Crippen LogP contribution in [0.3, 0.4) is 0 Å². The van der Waals surface area contributed by atoms with E-state index in [0.29, 0.717) is 22.9 Å². The molecule has 0 atom stereocenters. The van der Waals surface area contributed by atoms with Crippen LogP contribution in [-0.2, 0) is 4.79 Å². The molecule has 0 spiro atoms. The van der Waals surface area contributed by atoms with Gasteiger partial charge >= 0.3 is 5.97 Å². The Morgan fingerprint density at radius 2 is 1.15 bits per heavy atom. The van der Waals surface area contributed by atoms with E-state index in [9.17, 15) is 19.2 Å². The summed E-state index contributed by atoms with van der Waals surface area (Å²) in [5.74, 6) is -1.01. The highest BCUT2D eigenvalue weighted by atomic mass is 16.6. The lowest BCUT2D eigenvalue weighted by atomic mass is 10.1. The van der Waals surface area contributed by atoms with Gasteiger partial charge in [-0.3, -0.25) is 30.0 Å². The molecule has 0 fully saturated rings. The molecular formula is C27H27N3O9. The van der Waals surface area contributed by atoms with Gasteiger partial charge in [-0.2, -0.15) is 0 Å². The van der Waals surface area contributed by atoms with Crippen molar-refractivity contribution in [1.29, 1.82) is 0 Å². The summed E-state index contributed by atoms with van der Waals surface area (Å²) >= 11 is 0.